The third-order valence-electron chi connectivity index (χ3n) is 2.93. The van der Waals surface area contributed by atoms with Crippen LogP contribution in [0.4, 0.5) is 0 Å². The average molecular weight is 206 g/mol. The van der Waals surface area contributed by atoms with Gasteiger partial charge in [0, 0.05) is 6.04 Å². The summed E-state index contributed by atoms with van der Waals surface area (Å²) in [7, 11) is 0. The van der Waals surface area contributed by atoms with E-state index in [1.54, 1.807) is 0 Å². The largest absolute Gasteiger partial charge is 0.330 e. The molecule has 0 saturated carbocycles. The molecule has 0 aliphatic heterocycles. The molecule has 0 aliphatic rings. The number of benzene rings is 1. The van der Waals surface area contributed by atoms with Crippen molar-refractivity contribution >= 4 is 0 Å². The Labute approximate surface area is 92.7 Å². The van der Waals surface area contributed by atoms with Crippen LogP contribution in [-0.4, -0.2) is 6.54 Å². The second kappa shape index (κ2) is 5.89. The maximum atomic E-state index is 6.11. The van der Waals surface area contributed by atoms with Crippen molar-refractivity contribution in [2.45, 2.75) is 39.2 Å². The monoisotopic (exact) mass is 206 g/mol. The Kier molecular flexibility index (Phi) is 4.79. The van der Waals surface area contributed by atoms with Gasteiger partial charge in [0.25, 0.3) is 0 Å². The lowest BCUT2D eigenvalue weighted by molar-refractivity contribution is 0.590. The molecule has 2 nitrogen and oxygen atoms in total. The molecule has 0 amide bonds. The number of aryl methyl sites for hydroxylation is 2. The Morgan fingerprint density at radius 2 is 1.87 bits per heavy atom. The van der Waals surface area contributed by atoms with E-state index in [9.17, 15) is 0 Å². The molecular formula is C13H22N2. The van der Waals surface area contributed by atoms with Crippen molar-refractivity contribution in [1.82, 2.24) is 0 Å². The summed E-state index contributed by atoms with van der Waals surface area (Å²) in [5, 5.41) is 0. The quantitative estimate of drug-likeness (QED) is 0.727. The molecule has 15 heavy (non-hydrogen) atoms. The highest BCUT2D eigenvalue weighted by atomic mass is 14.6. The van der Waals surface area contributed by atoms with Gasteiger partial charge in [0.2, 0.25) is 0 Å². The van der Waals surface area contributed by atoms with Crippen LogP contribution in [0.3, 0.4) is 0 Å². The molecule has 0 aromatic heterocycles. The summed E-state index contributed by atoms with van der Waals surface area (Å²) in [6, 6.07) is 6.64. The highest BCUT2D eigenvalue weighted by Gasteiger charge is 2.06. The molecular weight excluding hydrogens is 184 g/mol. The minimum atomic E-state index is 0.163. The lowest BCUT2D eigenvalue weighted by atomic mass is 9.98. The van der Waals surface area contributed by atoms with E-state index in [-0.39, 0.29) is 6.04 Å². The van der Waals surface area contributed by atoms with Crippen molar-refractivity contribution in [3.8, 4) is 0 Å². The number of unbranched alkanes of at least 4 members (excludes halogenated alkanes) is 1. The van der Waals surface area contributed by atoms with E-state index in [4.69, 9.17) is 11.5 Å². The van der Waals surface area contributed by atoms with E-state index in [0.29, 0.717) is 0 Å². The molecule has 0 bridgehead atoms. The van der Waals surface area contributed by atoms with Gasteiger partial charge in [-0.05, 0) is 49.9 Å². The second-order valence-corrected chi connectivity index (χ2v) is 4.23. The fraction of sp³-hybridized carbons (Fsp3) is 0.538. The topological polar surface area (TPSA) is 52.0 Å². The summed E-state index contributed by atoms with van der Waals surface area (Å²) in [5.41, 5.74) is 15.5. The van der Waals surface area contributed by atoms with E-state index in [0.717, 1.165) is 25.8 Å². The first-order valence-corrected chi connectivity index (χ1v) is 5.68. The van der Waals surface area contributed by atoms with Crippen molar-refractivity contribution < 1.29 is 0 Å². The lowest BCUT2D eigenvalue weighted by Crippen LogP contribution is -2.11. The van der Waals surface area contributed by atoms with Crippen LogP contribution in [0.1, 0.15) is 42.0 Å². The van der Waals surface area contributed by atoms with Crippen LogP contribution < -0.4 is 11.5 Å². The third kappa shape index (κ3) is 3.65. The molecule has 0 heterocycles. The number of hydrogen-bond donors (Lipinski definition) is 2. The van der Waals surface area contributed by atoms with E-state index in [2.05, 4.69) is 32.0 Å². The van der Waals surface area contributed by atoms with Gasteiger partial charge in [0.1, 0.15) is 0 Å². The van der Waals surface area contributed by atoms with Crippen molar-refractivity contribution in [3.05, 3.63) is 34.9 Å². The van der Waals surface area contributed by atoms with E-state index in [1.807, 2.05) is 0 Å². The Morgan fingerprint density at radius 3 is 2.47 bits per heavy atom. The highest BCUT2D eigenvalue weighted by Crippen LogP contribution is 2.19. The maximum Gasteiger partial charge on any atom is 0.0294 e. The zero-order valence-electron chi connectivity index (χ0n) is 9.79. The molecule has 0 spiro atoms. The van der Waals surface area contributed by atoms with Gasteiger partial charge in [-0.1, -0.05) is 24.6 Å². The highest BCUT2D eigenvalue weighted by molar-refractivity contribution is 5.31. The lowest BCUT2D eigenvalue weighted by Gasteiger charge is -2.13. The minimum absolute atomic E-state index is 0.163. The zero-order valence-corrected chi connectivity index (χ0v) is 9.79. The first kappa shape index (κ1) is 12.2. The molecule has 0 fully saturated rings. The van der Waals surface area contributed by atoms with E-state index < -0.39 is 0 Å². The molecule has 0 radical (unpaired) electrons. The number of nitrogens with two attached hydrogens (primary N) is 2. The molecule has 0 saturated heterocycles. The van der Waals surface area contributed by atoms with Gasteiger partial charge in [-0.15, -0.1) is 0 Å². The first-order valence-electron chi connectivity index (χ1n) is 5.68. The van der Waals surface area contributed by atoms with Gasteiger partial charge in [-0.25, -0.2) is 0 Å². The SMILES string of the molecule is Cc1ccc([C@@H](N)CCCCN)cc1C. The van der Waals surface area contributed by atoms with Gasteiger partial charge in [0.15, 0.2) is 0 Å². The predicted molar refractivity (Wildman–Crippen MR) is 65.7 cm³/mol. The summed E-state index contributed by atoms with van der Waals surface area (Å²) in [5.74, 6) is 0. The minimum Gasteiger partial charge on any atom is -0.330 e. The van der Waals surface area contributed by atoms with Gasteiger partial charge >= 0.3 is 0 Å². The number of rotatable bonds is 5. The molecule has 0 unspecified atom stereocenters. The Morgan fingerprint density at radius 1 is 1.13 bits per heavy atom. The molecule has 2 heteroatoms. The molecule has 1 aromatic carbocycles. The van der Waals surface area contributed by atoms with Crippen molar-refractivity contribution in [2.24, 2.45) is 11.5 Å². The van der Waals surface area contributed by atoms with E-state index in [1.165, 1.54) is 16.7 Å². The molecule has 0 aliphatic carbocycles. The van der Waals surface area contributed by atoms with Crippen LogP contribution in [0.25, 0.3) is 0 Å². The summed E-state index contributed by atoms with van der Waals surface area (Å²) in [4.78, 5) is 0. The fourth-order valence-electron chi connectivity index (χ4n) is 1.67. The smallest absolute Gasteiger partial charge is 0.0294 e. The zero-order chi connectivity index (χ0) is 11.3. The van der Waals surface area contributed by atoms with Crippen LogP contribution in [0.2, 0.25) is 0 Å². The Balaban J connectivity index is 2.57. The Hall–Kier alpha value is -0.860. The standard InChI is InChI=1S/C13H22N2/c1-10-6-7-12(9-11(10)2)13(15)5-3-4-8-14/h6-7,9,13H,3-5,8,14-15H2,1-2H3/t13-/m0/s1. The first-order chi connectivity index (χ1) is 7.15. The van der Waals surface area contributed by atoms with Crippen molar-refractivity contribution in [2.75, 3.05) is 6.54 Å². The summed E-state index contributed by atoms with van der Waals surface area (Å²) in [6.07, 6.45) is 3.21. The molecule has 84 valence electrons. The van der Waals surface area contributed by atoms with Crippen LogP contribution in [0.5, 0.6) is 0 Å². The van der Waals surface area contributed by atoms with Crippen molar-refractivity contribution in [1.29, 1.82) is 0 Å². The summed E-state index contributed by atoms with van der Waals surface area (Å²) >= 11 is 0. The molecule has 1 rings (SSSR count). The van der Waals surface area contributed by atoms with Crippen LogP contribution in [0.15, 0.2) is 18.2 Å². The van der Waals surface area contributed by atoms with Gasteiger partial charge < -0.3 is 11.5 Å². The molecule has 4 N–H and O–H groups in total. The summed E-state index contributed by atoms with van der Waals surface area (Å²) in [6.45, 7) is 5.02. The van der Waals surface area contributed by atoms with Gasteiger partial charge in [0.05, 0.1) is 0 Å². The fourth-order valence-corrected chi connectivity index (χ4v) is 1.67. The van der Waals surface area contributed by atoms with Crippen molar-refractivity contribution in [3.63, 3.8) is 0 Å². The normalized spacial score (nSPS) is 12.8. The van der Waals surface area contributed by atoms with Gasteiger partial charge in [-0.2, -0.15) is 0 Å². The van der Waals surface area contributed by atoms with Crippen LogP contribution in [0, 0.1) is 13.8 Å². The van der Waals surface area contributed by atoms with Crippen LogP contribution in [-0.2, 0) is 0 Å². The number of hydrogen-bond acceptors (Lipinski definition) is 2. The molecule has 1 aromatic rings. The third-order valence-corrected chi connectivity index (χ3v) is 2.93. The predicted octanol–water partition coefficient (Wildman–Crippen LogP) is 2.43. The average Bonchev–Trinajstić information content (AvgIpc) is 2.22. The maximum absolute atomic E-state index is 6.11. The molecule has 1 atom stereocenters. The van der Waals surface area contributed by atoms with Crippen LogP contribution >= 0.6 is 0 Å². The Bertz CT molecular complexity index is 307. The van der Waals surface area contributed by atoms with E-state index >= 15 is 0 Å². The second-order valence-electron chi connectivity index (χ2n) is 4.23. The summed E-state index contributed by atoms with van der Waals surface area (Å²) < 4.78 is 0. The van der Waals surface area contributed by atoms with Gasteiger partial charge in [-0.3, -0.25) is 0 Å².